The summed E-state index contributed by atoms with van der Waals surface area (Å²) in [5.74, 6) is 0.572. The molecule has 2 heterocycles. The molecule has 1 aliphatic heterocycles. The van der Waals surface area contributed by atoms with Crippen LogP contribution < -0.4 is 9.46 Å². The zero-order valence-corrected chi connectivity index (χ0v) is 23.7. The number of carbonyl (C=O) groups excluding carboxylic acids is 1. The lowest BCUT2D eigenvalue weighted by Crippen LogP contribution is -2.48. The molecule has 3 aromatic carbocycles. The molecule has 4 aromatic rings. The zero-order valence-electron chi connectivity index (χ0n) is 21.3. The van der Waals surface area contributed by atoms with Gasteiger partial charge in [0.25, 0.3) is 15.9 Å². The molecule has 11 heteroatoms. The lowest BCUT2D eigenvalue weighted by molar-refractivity contribution is 0.0628. The third-order valence-corrected chi connectivity index (χ3v) is 8.60. The number of ether oxygens (including phenoxy) is 1. The molecule has 1 amide bonds. The number of nitrogens with zero attached hydrogens (tertiary/aromatic N) is 3. The Morgan fingerprint density at radius 2 is 1.57 bits per heavy atom. The lowest BCUT2D eigenvalue weighted by atomic mass is 10.1. The fourth-order valence-corrected chi connectivity index (χ4v) is 5.68. The topological polar surface area (TPSA) is 91.8 Å². The van der Waals surface area contributed by atoms with Gasteiger partial charge >= 0.3 is 0 Å². The minimum Gasteiger partial charge on any atom is -0.455 e. The van der Waals surface area contributed by atoms with Crippen molar-refractivity contribution >= 4 is 44.8 Å². The first-order valence-electron chi connectivity index (χ1n) is 12.5. The second-order valence-corrected chi connectivity index (χ2v) is 11.7. The van der Waals surface area contributed by atoms with E-state index in [0.717, 1.165) is 19.6 Å². The monoisotopic (exact) mass is 596 g/mol. The molecule has 5 rings (SSSR count). The summed E-state index contributed by atoms with van der Waals surface area (Å²) in [5, 5.41) is 0.701. The van der Waals surface area contributed by atoms with E-state index in [2.05, 4.69) is 14.6 Å². The maximum absolute atomic E-state index is 13.2. The second kappa shape index (κ2) is 12.3. The number of amides is 1. The molecule has 0 atom stereocenters. The van der Waals surface area contributed by atoms with Crippen molar-refractivity contribution in [3.63, 3.8) is 0 Å². The predicted octanol–water partition coefficient (Wildman–Crippen LogP) is 5.94. The molecule has 0 aliphatic carbocycles. The molecule has 0 unspecified atom stereocenters. The van der Waals surface area contributed by atoms with Crippen LogP contribution in [-0.4, -0.2) is 55.3 Å². The first-order valence-corrected chi connectivity index (χ1v) is 14.8. The van der Waals surface area contributed by atoms with Gasteiger partial charge in [0.1, 0.15) is 5.75 Å². The fraction of sp³-hybridized carbons (Fsp3) is 0.172. The minimum atomic E-state index is -3.96. The molecule has 40 heavy (non-hydrogen) atoms. The van der Waals surface area contributed by atoms with Crippen molar-refractivity contribution in [3.05, 3.63) is 112 Å². The maximum atomic E-state index is 13.2. The lowest BCUT2D eigenvalue weighted by Gasteiger charge is -2.34. The second-order valence-electron chi connectivity index (χ2n) is 9.23. The quantitative estimate of drug-likeness (QED) is 0.271. The Labute approximate surface area is 243 Å². The smallest absolute Gasteiger partial charge is 0.262 e. The highest BCUT2D eigenvalue weighted by Gasteiger charge is 2.23. The summed E-state index contributed by atoms with van der Waals surface area (Å²) in [6, 6.07) is 21.3. The Kier molecular flexibility index (Phi) is 8.56. The Morgan fingerprint density at radius 1 is 0.875 bits per heavy atom. The molecule has 8 nitrogen and oxygen atoms in total. The molecule has 1 saturated heterocycles. The number of para-hydroxylation sites is 2. The van der Waals surface area contributed by atoms with Crippen LogP contribution in [0.25, 0.3) is 0 Å². The Morgan fingerprint density at radius 3 is 2.27 bits per heavy atom. The maximum Gasteiger partial charge on any atom is 0.262 e. The van der Waals surface area contributed by atoms with Crippen LogP contribution in [0.5, 0.6) is 11.5 Å². The third kappa shape index (κ3) is 6.74. The number of hydrogen-bond donors (Lipinski definition) is 1. The van der Waals surface area contributed by atoms with E-state index in [4.69, 9.17) is 27.9 Å². The van der Waals surface area contributed by atoms with Crippen LogP contribution in [0.4, 0.5) is 5.69 Å². The van der Waals surface area contributed by atoms with Crippen molar-refractivity contribution in [1.29, 1.82) is 0 Å². The van der Waals surface area contributed by atoms with Crippen LogP contribution in [0.15, 0.2) is 96.2 Å². The van der Waals surface area contributed by atoms with Crippen molar-refractivity contribution < 1.29 is 17.9 Å². The molecule has 1 fully saturated rings. The molecule has 0 saturated carbocycles. The molecule has 0 radical (unpaired) electrons. The van der Waals surface area contributed by atoms with Crippen molar-refractivity contribution in [2.75, 3.05) is 30.9 Å². The summed E-state index contributed by atoms with van der Waals surface area (Å²) >= 11 is 12.0. The Balaban J connectivity index is 1.22. The number of halogens is 2. The van der Waals surface area contributed by atoms with Crippen LogP contribution in [0, 0.1) is 0 Å². The van der Waals surface area contributed by atoms with Crippen molar-refractivity contribution in [2.45, 2.75) is 11.4 Å². The summed E-state index contributed by atoms with van der Waals surface area (Å²) in [7, 11) is -3.96. The molecule has 1 N–H and O–H groups in total. The van der Waals surface area contributed by atoms with E-state index >= 15 is 0 Å². The number of rotatable bonds is 8. The van der Waals surface area contributed by atoms with Gasteiger partial charge in [-0.2, -0.15) is 0 Å². The van der Waals surface area contributed by atoms with Gasteiger partial charge in [0.15, 0.2) is 5.75 Å². The molecule has 0 bridgehead atoms. The molecule has 1 aliphatic rings. The number of hydrogen-bond acceptors (Lipinski definition) is 6. The molecule has 1 aromatic heterocycles. The Hall–Kier alpha value is -3.63. The van der Waals surface area contributed by atoms with Crippen LogP contribution in [0.1, 0.15) is 15.9 Å². The highest BCUT2D eigenvalue weighted by Crippen LogP contribution is 2.34. The van der Waals surface area contributed by atoms with Gasteiger partial charge in [-0.05, 0) is 66.2 Å². The third-order valence-electron chi connectivity index (χ3n) is 6.48. The SMILES string of the molecule is O=C(c1ccc(S(=O)(=O)Nc2ccccc2Oc2ccc(Cl)c(Cl)c2)cc1)N1CCN(Cc2ccncc2)CC1. The van der Waals surface area contributed by atoms with E-state index < -0.39 is 10.0 Å². The highest BCUT2D eigenvalue weighted by molar-refractivity contribution is 7.92. The summed E-state index contributed by atoms with van der Waals surface area (Å²) in [5.41, 5.74) is 1.87. The predicted molar refractivity (Wildman–Crippen MR) is 156 cm³/mol. The van der Waals surface area contributed by atoms with Crippen molar-refractivity contribution in [1.82, 2.24) is 14.8 Å². The molecular weight excluding hydrogens is 571 g/mol. The minimum absolute atomic E-state index is 0.0237. The fourth-order valence-electron chi connectivity index (χ4n) is 4.33. The number of benzene rings is 3. The number of aromatic nitrogens is 1. The van der Waals surface area contributed by atoms with Gasteiger partial charge in [-0.1, -0.05) is 35.3 Å². The van der Waals surface area contributed by atoms with Crippen LogP contribution >= 0.6 is 23.2 Å². The number of piperazine rings is 1. The van der Waals surface area contributed by atoms with Gasteiger partial charge in [-0.3, -0.25) is 19.4 Å². The summed E-state index contributed by atoms with van der Waals surface area (Å²) in [4.78, 5) is 21.2. The molecule has 0 spiro atoms. The first kappa shape index (κ1) is 27.9. The normalized spacial score (nSPS) is 14.1. The van der Waals surface area contributed by atoms with Crippen LogP contribution in [-0.2, 0) is 16.6 Å². The van der Waals surface area contributed by atoms with E-state index in [1.807, 2.05) is 12.1 Å². The number of nitrogens with one attached hydrogen (secondary N) is 1. The van der Waals surface area contributed by atoms with Gasteiger partial charge in [0.2, 0.25) is 0 Å². The van der Waals surface area contributed by atoms with Gasteiger partial charge in [-0.25, -0.2) is 8.42 Å². The Bertz CT molecular complexity index is 1590. The van der Waals surface area contributed by atoms with Gasteiger partial charge < -0.3 is 9.64 Å². The summed E-state index contributed by atoms with van der Waals surface area (Å²) in [6.45, 7) is 3.52. The van der Waals surface area contributed by atoms with Crippen LogP contribution in [0.2, 0.25) is 10.0 Å². The van der Waals surface area contributed by atoms with Crippen molar-refractivity contribution in [2.24, 2.45) is 0 Å². The first-order chi connectivity index (χ1) is 19.3. The number of carbonyl (C=O) groups is 1. The summed E-state index contributed by atoms with van der Waals surface area (Å²) in [6.07, 6.45) is 3.55. The number of anilines is 1. The molecule has 206 valence electrons. The summed E-state index contributed by atoms with van der Waals surface area (Å²) < 4.78 is 34.8. The largest absolute Gasteiger partial charge is 0.455 e. The van der Waals surface area contributed by atoms with E-state index in [9.17, 15) is 13.2 Å². The average molecular weight is 598 g/mol. The van der Waals surface area contributed by atoms with Gasteiger partial charge in [-0.15, -0.1) is 0 Å². The van der Waals surface area contributed by atoms with Crippen molar-refractivity contribution in [3.8, 4) is 11.5 Å². The van der Waals surface area contributed by atoms with E-state index in [1.165, 1.54) is 17.7 Å². The highest BCUT2D eigenvalue weighted by atomic mass is 35.5. The van der Waals surface area contributed by atoms with Crippen LogP contribution in [0.3, 0.4) is 0 Å². The number of sulfonamides is 1. The standard InChI is InChI=1S/C29H26Cl2N4O4S/c30-25-10-7-23(19-26(25)31)39-28-4-2-1-3-27(28)33-40(37,38)24-8-5-22(6-9-24)29(36)35-17-15-34(16-18-35)20-21-11-13-32-14-12-21/h1-14,19,33H,15-18,20H2. The van der Waals surface area contributed by atoms with Gasteiger partial charge in [0.05, 0.1) is 20.6 Å². The van der Waals surface area contributed by atoms with E-state index in [-0.39, 0.29) is 16.5 Å². The number of pyridine rings is 1. The van der Waals surface area contributed by atoms with Gasteiger partial charge in [0, 0.05) is 56.7 Å². The zero-order chi connectivity index (χ0) is 28.1. The van der Waals surface area contributed by atoms with E-state index in [0.29, 0.717) is 40.2 Å². The van der Waals surface area contributed by atoms with E-state index in [1.54, 1.807) is 71.9 Å². The average Bonchev–Trinajstić information content (AvgIpc) is 2.96. The molecular formula is C29H26Cl2N4O4S.